The molecule has 0 radical (unpaired) electrons. The summed E-state index contributed by atoms with van der Waals surface area (Å²) in [5, 5.41) is 10.9. The maximum atomic E-state index is 12.4. The van der Waals surface area contributed by atoms with E-state index in [2.05, 4.69) is 16.2 Å². The Labute approximate surface area is 188 Å². The molecule has 4 rings (SSSR count). The summed E-state index contributed by atoms with van der Waals surface area (Å²) in [6, 6.07) is 21.6. The highest BCUT2D eigenvalue weighted by Gasteiger charge is 2.29. The lowest BCUT2D eigenvalue weighted by Crippen LogP contribution is -2.42. The average molecular weight is 445 g/mol. The molecular formula is C24H19N3O6. The highest BCUT2D eigenvalue weighted by atomic mass is 16.6. The third-order valence-corrected chi connectivity index (χ3v) is 5.24. The van der Waals surface area contributed by atoms with Gasteiger partial charge in [-0.3, -0.25) is 15.0 Å². The van der Waals surface area contributed by atoms with Crippen LogP contribution >= 0.6 is 0 Å². The fourth-order valence-electron chi connectivity index (χ4n) is 3.78. The highest BCUT2D eigenvalue weighted by molar-refractivity contribution is 6.36. The zero-order chi connectivity index (χ0) is 23.4. The van der Waals surface area contributed by atoms with Gasteiger partial charge in [0.05, 0.1) is 11.3 Å². The number of carbonyl (C=O) groups excluding carboxylic acids is 3. The number of anilines is 1. The SMILES string of the molecule is O=C(NNC(=O)c1ccccc1NC(=O)C(=O)O)OCC1c2ccccc2-c2ccccc21. The van der Waals surface area contributed by atoms with Crippen LogP contribution in [-0.4, -0.2) is 35.6 Å². The first kappa shape index (κ1) is 21.6. The lowest BCUT2D eigenvalue weighted by atomic mass is 9.98. The van der Waals surface area contributed by atoms with Crippen LogP contribution in [0, 0.1) is 0 Å². The Hall–Kier alpha value is -4.66. The zero-order valence-electron chi connectivity index (χ0n) is 17.2. The van der Waals surface area contributed by atoms with Gasteiger partial charge >= 0.3 is 18.0 Å². The summed E-state index contributed by atoms with van der Waals surface area (Å²) in [6.45, 7) is 0.0704. The molecule has 166 valence electrons. The minimum Gasteiger partial charge on any atom is -0.474 e. The highest BCUT2D eigenvalue weighted by Crippen LogP contribution is 2.44. The third kappa shape index (κ3) is 4.52. The first-order valence-electron chi connectivity index (χ1n) is 10.0. The number of hydrogen-bond acceptors (Lipinski definition) is 5. The quantitative estimate of drug-likeness (QED) is 0.360. The molecule has 1 aliphatic carbocycles. The molecule has 1 aliphatic rings. The number of fused-ring (bicyclic) bond motifs is 3. The van der Waals surface area contributed by atoms with Gasteiger partial charge in [0.25, 0.3) is 5.91 Å². The maximum Gasteiger partial charge on any atom is 0.426 e. The lowest BCUT2D eigenvalue weighted by molar-refractivity contribution is -0.147. The molecule has 3 amide bonds. The summed E-state index contributed by atoms with van der Waals surface area (Å²) in [4.78, 5) is 46.8. The summed E-state index contributed by atoms with van der Waals surface area (Å²) in [6.07, 6.45) is -0.864. The van der Waals surface area contributed by atoms with Crippen molar-refractivity contribution in [2.24, 2.45) is 0 Å². The number of hydrogen-bond donors (Lipinski definition) is 4. The Morgan fingerprint density at radius 3 is 2.00 bits per heavy atom. The molecule has 0 heterocycles. The van der Waals surface area contributed by atoms with E-state index in [1.165, 1.54) is 24.3 Å². The Morgan fingerprint density at radius 2 is 1.36 bits per heavy atom. The number of nitrogens with one attached hydrogen (secondary N) is 3. The molecule has 0 bridgehead atoms. The van der Waals surface area contributed by atoms with Crippen LogP contribution in [-0.2, 0) is 14.3 Å². The summed E-state index contributed by atoms with van der Waals surface area (Å²) in [7, 11) is 0. The van der Waals surface area contributed by atoms with E-state index in [1.54, 1.807) is 0 Å². The van der Waals surface area contributed by atoms with Crippen LogP contribution in [0.1, 0.15) is 27.4 Å². The fourth-order valence-corrected chi connectivity index (χ4v) is 3.78. The summed E-state index contributed by atoms with van der Waals surface area (Å²) >= 11 is 0. The van der Waals surface area contributed by atoms with Crippen molar-refractivity contribution in [3.8, 4) is 11.1 Å². The monoisotopic (exact) mass is 445 g/mol. The van der Waals surface area contributed by atoms with Crippen molar-refractivity contribution < 1.29 is 29.0 Å². The molecule has 3 aromatic carbocycles. The zero-order valence-corrected chi connectivity index (χ0v) is 17.2. The number of benzene rings is 3. The van der Waals surface area contributed by atoms with Gasteiger partial charge in [0.1, 0.15) is 6.61 Å². The van der Waals surface area contributed by atoms with Crippen molar-refractivity contribution in [3.63, 3.8) is 0 Å². The molecule has 0 spiro atoms. The number of aliphatic carboxylic acids is 1. The van der Waals surface area contributed by atoms with Gasteiger partial charge in [-0.1, -0.05) is 60.7 Å². The van der Waals surface area contributed by atoms with Crippen molar-refractivity contribution in [1.82, 2.24) is 10.9 Å². The van der Waals surface area contributed by atoms with Crippen LogP contribution in [0.5, 0.6) is 0 Å². The van der Waals surface area contributed by atoms with Crippen LogP contribution in [0.4, 0.5) is 10.5 Å². The standard InChI is InChI=1S/C24H19N3O6/c28-21(18-11-5-6-12-20(18)25-22(29)23(30)31)26-27-24(32)33-13-19-16-9-3-1-7-14(16)15-8-2-4-10-17(15)19/h1-12,19H,13H2,(H,25,29)(H,26,28)(H,27,32)(H,30,31). The smallest absolute Gasteiger partial charge is 0.426 e. The molecule has 9 heteroatoms. The molecule has 3 aromatic rings. The lowest BCUT2D eigenvalue weighted by Gasteiger charge is -2.15. The van der Waals surface area contributed by atoms with Crippen LogP contribution in [0.25, 0.3) is 11.1 Å². The van der Waals surface area contributed by atoms with Gasteiger partial charge in [-0.25, -0.2) is 15.0 Å². The predicted molar refractivity (Wildman–Crippen MR) is 118 cm³/mol. The molecule has 0 fully saturated rings. The number of hydrazine groups is 1. The Balaban J connectivity index is 1.37. The molecule has 4 N–H and O–H groups in total. The first-order chi connectivity index (χ1) is 16.0. The number of carboxylic acids is 1. The van der Waals surface area contributed by atoms with E-state index in [-0.39, 0.29) is 23.8 Å². The Morgan fingerprint density at radius 1 is 0.788 bits per heavy atom. The maximum absolute atomic E-state index is 12.4. The van der Waals surface area contributed by atoms with Gasteiger partial charge in [0.2, 0.25) is 0 Å². The third-order valence-electron chi connectivity index (χ3n) is 5.24. The van der Waals surface area contributed by atoms with Crippen LogP contribution in [0.3, 0.4) is 0 Å². The van der Waals surface area contributed by atoms with Crippen LogP contribution < -0.4 is 16.2 Å². The van der Waals surface area contributed by atoms with Crippen molar-refractivity contribution in [2.75, 3.05) is 11.9 Å². The van der Waals surface area contributed by atoms with Gasteiger partial charge < -0.3 is 15.2 Å². The van der Waals surface area contributed by atoms with Gasteiger partial charge in [0.15, 0.2) is 0 Å². The molecule has 0 unspecified atom stereocenters. The van der Waals surface area contributed by atoms with Crippen molar-refractivity contribution in [3.05, 3.63) is 89.5 Å². The van der Waals surface area contributed by atoms with Gasteiger partial charge in [0, 0.05) is 5.92 Å². The molecule has 0 saturated heterocycles. The van der Waals surface area contributed by atoms with Gasteiger partial charge in [-0.2, -0.15) is 0 Å². The van der Waals surface area contributed by atoms with E-state index in [0.717, 1.165) is 22.3 Å². The second-order valence-corrected chi connectivity index (χ2v) is 7.21. The predicted octanol–water partition coefficient (Wildman–Crippen LogP) is 2.89. The first-order valence-corrected chi connectivity index (χ1v) is 10.0. The summed E-state index contributed by atoms with van der Waals surface area (Å²) < 4.78 is 5.34. The van der Waals surface area contributed by atoms with Gasteiger partial charge in [-0.05, 0) is 34.4 Å². The normalized spacial score (nSPS) is 11.6. The van der Waals surface area contributed by atoms with E-state index in [1.807, 2.05) is 48.5 Å². The van der Waals surface area contributed by atoms with E-state index >= 15 is 0 Å². The number of para-hydroxylation sites is 1. The Kier molecular flexibility index (Phi) is 6.03. The van der Waals surface area contributed by atoms with E-state index in [0.29, 0.717) is 0 Å². The number of amides is 3. The fraction of sp³-hybridized carbons (Fsp3) is 0.0833. The van der Waals surface area contributed by atoms with E-state index in [4.69, 9.17) is 9.84 Å². The summed E-state index contributed by atoms with van der Waals surface area (Å²) in [5.41, 5.74) is 8.60. The number of carboxylic acid groups (broad SMARTS) is 1. The van der Waals surface area contributed by atoms with Crippen molar-refractivity contribution in [1.29, 1.82) is 0 Å². The Bertz CT molecular complexity index is 1210. The second kappa shape index (κ2) is 9.23. The van der Waals surface area contributed by atoms with E-state index < -0.39 is 23.9 Å². The largest absolute Gasteiger partial charge is 0.474 e. The second-order valence-electron chi connectivity index (χ2n) is 7.21. The molecule has 0 aromatic heterocycles. The molecular weight excluding hydrogens is 426 g/mol. The number of carbonyl (C=O) groups is 4. The van der Waals surface area contributed by atoms with Crippen molar-refractivity contribution >= 4 is 29.6 Å². The van der Waals surface area contributed by atoms with Crippen LogP contribution in [0.2, 0.25) is 0 Å². The van der Waals surface area contributed by atoms with Gasteiger partial charge in [-0.15, -0.1) is 0 Å². The summed E-state index contributed by atoms with van der Waals surface area (Å²) in [5.74, 6) is -3.88. The van der Waals surface area contributed by atoms with E-state index in [9.17, 15) is 19.2 Å². The molecule has 0 aliphatic heterocycles. The molecule has 33 heavy (non-hydrogen) atoms. The number of ether oxygens (including phenoxy) is 1. The molecule has 0 atom stereocenters. The molecule has 9 nitrogen and oxygen atoms in total. The van der Waals surface area contributed by atoms with Crippen molar-refractivity contribution in [2.45, 2.75) is 5.92 Å². The molecule has 0 saturated carbocycles. The number of rotatable bonds is 4. The minimum absolute atomic E-state index is 0.0169. The minimum atomic E-state index is -1.69. The topological polar surface area (TPSA) is 134 Å². The van der Waals surface area contributed by atoms with Crippen LogP contribution in [0.15, 0.2) is 72.8 Å². The average Bonchev–Trinajstić information content (AvgIpc) is 3.15.